The summed E-state index contributed by atoms with van der Waals surface area (Å²) in [4.78, 5) is 2.36. The highest BCUT2D eigenvalue weighted by molar-refractivity contribution is 4.85. The van der Waals surface area contributed by atoms with Crippen LogP contribution in [0.1, 0.15) is 34.1 Å². The summed E-state index contributed by atoms with van der Waals surface area (Å²) in [5.74, 6) is 0. The van der Waals surface area contributed by atoms with Crippen molar-refractivity contribution in [2.24, 2.45) is 5.41 Å². The Hall–Kier alpha value is -0.0800. The van der Waals surface area contributed by atoms with Crippen molar-refractivity contribution in [3.05, 3.63) is 0 Å². The van der Waals surface area contributed by atoms with Crippen molar-refractivity contribution >= 4 is 0 Å². The third-order valence-electron chi connectivity index (χ3n) is 2.59. The molecule has 0 radical (unpaired) electrons. The Bertz CT molecular complexity index is 154. The molecule has 0 saturated carbocycles. The van der Waals surface area contributed by atoms with Crippen LogP contribution in [0.4, 0.5) is 0 Å². The lowest BCUT2D eigenvalue weighted by Gasteiger charge is -2.42. The molecule has 2 heteroatoms. The molecule has 0 amide bonds. The first-order chi connectivity index (χ1) is 5.41. The maximum Gasteiger partial charge on any atom is 0.0672 e. The third kappa shape index (κ3) is 2.46. The van der Waals surface area contributed by atoms with E-state index >= 15 is 0 Å². The molecule has 0 bridgehead atoms. The summed E-state index contributed by atoms with van der Waals surface area (Å²) in [5, 5.41) is 9.62. The summed E-state index contributed by atoms with van der Waals surface area (Å²) in [6.07, 6.45) is 0.812. The normalized spacial score (nSPS) is 31.0. The van der Waals surface area contributed by atoms with E-state index in [9.17, 15) is 5.11 Å². The number of nitrogens with zero attached hydrogens (tertiary/aromatic N) is 1. The number of hydrogen-bond acceptors (Lipinski definition) is 2. The fourth-order valence-electron chi connectivity index (χ4n) is 2.05. The molecule has 0 aromatic heterocycles. The van der Waals surface area contributed by atoms with Crippen LogP contribution in [0.3, 0.4) is 0 Å². The fraction of sp³-hybridized carbons (Fsp3) is 1.00. The Balaban J connectivity index is 2.58. The van der Waals surface area contributed by atoms with E-state index in [1.54, 1.807) is 0 Å². The van der Waals surface area contributed by atoms with Crippen LogP contribution in [0.5, 0.6) is 0 Å². The Kier molecular flexibility index (Phi) is 2.79. The Morgan fingerprint density at radius 2 is 2.00 bits per heavy atom. The minimum absolute atomic E-state index is 0.129. The van der Waals surface area contributed by atoms with Gasteiger partial charge in [-0.25, -0.2) is 0 Å². The zero-order valence-electron chi connectivity index (χ0n) is 8.67. The molecule has 0 aliphatic carbocycles. The zero-order valence-corrected chi connectivity index (χ0v) is 8.67. The van der Waals surface area contributed by atoms with Crippen LogP contribution in [-0.4, -0.2) is 35.2 Å². The third-order valence-corrected chi connectivity index (χ3v) is 2.59. The van der Waals surface area contributed by atoms with Crippen LogP contribution in [0.2, 0.25) is 0 Å². The Morgan fingerprint density at radius 1 is 1.42 bits per heavy atom. The van der Waals surface area contributed by atoms with E-state index in [2.05, 4.69) is 32.6 Å². The largest absolute Gasteiger partial charge is 0.392 e. The molecule has 12 heavy (non-hydrogen) atoms. The van der Waals surface area contributed by atoms with E-state index in [0.29, 0.717) is 6.04 Å². The molecule has 1 fully saturated rings. The molecule has 1 aliphatic heterocycles. The number of hydrogen-bond donors (Lipinski definition) is 1. The summed E-state index contributed by atoms with van der Waals surface area (Å²) in [6, 6.07) is 0.555. The SMILES string of the molecule is CC(C)N1C[C@@H](O)CC(C)(C)C1. The summed E-state index contributed by atoms with van der Waals surface area (Å²) >= 11 is 0. The molecule has 1 heterocycles. The van der Waals surface area contributed by atoms with Gasteiger partial charge in [0.25, 0.3) is 0 Å². The second-order valence-electron chi connectivity index (χ2n) is 5.05. The highest BCUT2D eigenvalue weighted by atomic mass is 16.3. The molecule has 0 aromatic rings. The number of aliphatic hydroxyl groups excluding tert-OH is 1. The summed E-state index contributed by atoms with van der Waals surface area (Å²) in [7, 11) is 0. The average Bonchev–Trinajstić information content (AvgIpc) is 1.82. The van der Waals surface area contributed by atoms with Crippen molar-refractivity contribution in [3.63, 3.8) is 0 Å². The van der Waals surface area contributed by atoms with Gasteiger partial charge in [0.15, 0.2) is 0 Å². The second-order valence-corrected chi connectivity index (χ2v) is 5.05. The van der Waals surface area contributed by atoms with Crippen LogP contribution in [0, 0.1) is 5.41 Å². The van der Waals surface area contributed by atoms with Gasteiger partial charge in [0.1, 0.15) is 0 Å². The number of β-amino-alcohol motifs (C(OH)–C–C–N with tert-alkyl or cyclic N) is 1. The smallest absolute Gasteiger partial charge is 0.0672 e. The maximum atomic E-state index is 9.62. The van der Waals surface area contributed by atoms with Crippen molar-refractivity contribution in [2.45, 2.75) is 46.3 Å². The van der Waals surface area contributed by atoms with Crippen molar-refractivity contribution in [1.82, 2.24) is 4.90 Å². The minimum Gasteiger partial charge on any atom is -0.392 e. The Morgan fingerprint density at radius 3 is 2.42 bits per heavy atom. The summed E-state index contributed by atoms with van der Waals surface area (Å²) < 4.78 is 0. The molecule has 1 N–H and O–H groups in total. The quantitative estimate of drug-likeness (QED) is 0.646. The monoisotopic (exact) mass is 171 g/mol. The van der Waals surface area contributed by atoms with Crippen LogP contribution in [0.25, 0.3) is 0 Å². The van der Waals surface area contributed by atoms with Gasteiger partial charge in [0.05, 0.1) is 6.10 Å². The first-order valence-electron chi connectivity index (χ1n) is 4.83. The summed E-state index contributed by atoms with van der Waals surface area (Å²) in [6.45, 7) is 10.8. The van der Waals surface area contributed by atoms with E-state index in [1.165, 1.54) is 0 Å². The number of aliphatic hydroxyl groups is 1. The fourth-order valence-corrected chi connectivity index (χ4v) is 2.05. The maximum absolute atomic E-state index is 9.62. The molecular weight excluding hydrogens is 150 g/mol. The topological polar surface area (TPSA) is 23.5 Å². The average molecular weight is 171 g/mol. The molecule has 1 rings (SSSR count). The standard InChI is InChI=1S/C10H21NO/c1-8(2)11-6-9(12)5-10(3,4)7-11/h8-9,12H,5-7H2,1-4H3/t9-/m0/s1. The Labute approximate surface area is 75.6 Å². The van der Waals surface area contributed by atoms with Crippen LogP contribution in [0.15, 0.2) is 0 Å². The lowest BCUT2D eigenvalue weighted by Crippen LogP contribution is -2.49. The van der Waals surface area contributed by atoms with Gasteiger partial charge in [-0.1, -0.05) is 13.8 Å². The van der Waals surface area contributed by atoms with Gasteiger partial charge >= 0.3 is 0 Å². The molecule has 2 nitrogen and oxygen atoms in total. The first-order valence-corrected chi connectivity index (χ1v) is 4.83. The molecule has 72 valence electrons. The lowest BCUT2D eigenvalue weighted by atomic mass is 9.82. The molecule has 0 spiro atoms. The van der Waals surface area contributed by atoms with Gasteiger partial charge in [-0.05, 0) is 25.7 Å². The number of likely N-dealkylation sites (tertiary alicyclic amines) is 1. The number of piperidine rings is 1. The summed E-state index contributed by atoms with van der Waals surface area (Å²) in [5.41, 5.74) is 0.280. The molecule has 0 unspecified atom stereocenters. The van der Waals surface area contributed by atoms with E-state index < -0.39 is 0 Å². The lowest BCUT2D eigenvalue weighted by molar-refractivity contribution is -0.00718. The predicted molar refractivity (Wildman–Crippen MR) is 51.1 cm³/mol. The molecular formula is C10H21NO. The molecule has 1 aliphatic rings. The highest BCUT2D eigenvalue weighted by Gasteiger charge is 2.32. The van der Waals surface area contributed by atoms with Crippen LogP contribution >= 0.6 is 0 Å². The van der Waals surface area contributed by atoms with Gasteiger partial charge in [-0.15, -0.1) is 0 Å². The van der Waals surface area contributed by atoms with Crippen LogP contribution in [-0.2, 0) is 0 Å². The molecule has 1 atom stereocenters. The van der Waals surface area contributed by atoms with Gasteiger partial charge < -0.3 is 5.11 Å². The van der Waals surface area contributed by atoms with Crippen molar-refractivity contribution < 1.29 is 5.11 Å². The second kappa shape index (κ2) is 3.35. The first kappa shape index (κ1) is 10.0. The van der Waals surface area contributed by atoms with Gasteiger partial charge in [0, 0.05) is 19.1 Å². The molecule has 0 aromatic carbocycles. The highest BCUT2D eigenvalue weighted by Crippen LogP contribution is 2.29. The van der Waals surface area contributed by atoms with E-state index in [-0.39, 0.29) is 11.5 Å². The van der Waals surface area contributed by atoms with Crippen LogP contribution < -0.4 is 0 Å². The van der Waals surface area contributed by atoms with Gasteiger partial charge in [-0.3, -0.25) is 4.90 Å². The van der Waals surface area contributed by atoms with Crippen molar-refractivity contribution in [1.29, 1.82) is 0 Å². The predicted octanol–water partition coefficient (Wildman–Crippen LogP) is 1.49. The van der Waals surface area contributed by atoms with E-state index in [0.717, 1.165) is 19.5 Å². The molecule has 1 saturated heterocycles. The van der Waals surface area contributed by atoms with E-state index in [4.69, 9.17) is 0 Å². The van der Waals surface area contributed by atoms with Gasteiger partial charge in [-0.2, -0.15) is 0 Å². The minimum atomic E-state index is -0.129. The van der Waals surface area contributed by atoms with Crippen molar-refractivity contribution in [2.75, 3.05) is 13.1 Å². The number of rotatable bonds is 1. The van der Waals surface area contributed by atoms with E-state index in [1.807, 2.05) is 0 Å². The van der Waals surface area contributed by atoms with Crippen molar-refractivity contribution in [3.8, 4) is 0 Å². The van der Waals surface area contributed by atoms with Gasteiger partial charge in [0.2, 0.25) is 0 Å². The zero-order chi connectivity index (χ0) is 9.35.